The average molecular weight is 389 g/mol. The molecule has 0 fully saturated rings. The molecule has 1 heterocycles. The number of hydrogen-bond donors (Lipinski definition) is 1. The molecule has 7 nitrogen and oxygen atoms in total. The third kappa shape index (κ3) is 4.98. The summed E-state index contributed by atoms with van der Waals surface area (Å²) in [5, 5.41) is 6.44. The number of benzene rings is 2. The van der Waals surface area contributed by atoms with Crippen molar-refractivity contribution in [1.82, 2.24) is 10.1 Å². The molecule has 0 radical (unpaired) electrons. The summed E-state index contributed by atoms with van der Waals surface area (Å²) in [4.78, 5) is 16.4. The molecule has 3 rings (SSSR count). The summed E-state index contributed by atoms with van der Waals surface area (Å²) >= 11 is 0. The zero-order valence-corrected chi connectivity index (χ0v) is 15.2. The second kappa shape index (κ2) is 7.67. The first kappa shape index (κ1) is 18.7. The van der Waals surface area contributed by atoms with Crippen LogP contribution in [-0.4, -0.2) is 30.7 Å². The van der Waals surface area contributed by atoms with Crippen LogP contribution < -0.4 is 5.32 Å². The van der Waals surface area contributed by atoms with Gasteiger partial charge in [0.15, 0.2) is 9.84 Å². The van der Waals surface area contributed by atoms with E-state index in [-0.39, 0.29) is 35.4 Å². The number of anilines is 1. The molecule has 9 heteroatoms. The largest absolute Gasteiger partial charge is 0.339 e. The Morgan fingerprint density at radius 2 is 1.93 bits per heavy atom. The van der Waals surface area contributed by atoms with E-state index in [1.807, 2.05) is 0 Å². The van der Waals surface area contributed by atoms with E-state index < -0.39 is 9.84 Å². The van der Waals surface area contributed by atoms with Crippen LogP contribution in [0.2, 0.25) is 0 Å². The molecule has 0 aliphatic carbocycles. The topological polar surface area (TPSA) is 102 Å². The second-order valence-corrected chi connectivity index (χ2v) is 7.88. The van der Waals surface area contributed by atoms with Crippen LogP contribution in [-0.2, 0) is 21.1 Å². The molecule has 0 spiro atoms. The number of nitrogens with zero attached hydrogens (tertiary/aromatic N) is 2. The molecule has 0 unspecified atom stereocenters. The Morgan fingerprint density at radius 3 is 2.63 bits per heavy atom. The Bertz CT molecular complexity index is 1060. The van der Waals surface area contributed by atoms with Gasteiger partial charge in [0.2, 0.25) is 17.6 Å². The summed E-state index contributed by atoms with van der Waals surface area (Å²) in [6, 6.07) is 11.7. The smallest absolute Gasteiger partial charge is 0.227 e. The summed E-state index contributed by atoms with van der Waals surface area (Å²) in [5.74, 6) is -0.0955. The summed E-state index contributed by atoms with van der Waals surface area (Å²) in [6.07, 6.45) is 1.39. The molecule has 0 atom stereocenters. The van der Waals surface area contributed by atoms with Gasteiger partial charge in [0, 0.05) is 30.3 Å². The Labute approximate surface area is 155 Å². The third-order valence-electron chi connectivity index (χ3n) is 3.68. The van der Waals surface area contributed by atoms with Crippen LogP contribution >= 0.6 is 0 Å². The summed E-state index contributed by atoms with van der Waals surface area (Å²) < 4.78 is 41.2. The van der Waals surface area contributed by atoms with Crippen molar-refractivity contribution in [2.45, 2.75) is 17.7 Å². The molecule has 1 amide bonds. The fraction of sp³-hybridized carbons (Fsp3) is 0.167. The molecule has 0 aliphatic heterocycles. The molecule has 27 heavy (non-hydrogen) atoms. The molecule has 3 aromatic rings. The van der Waals surface area contributed by atoms with Crippen LogP contribution in [0.5, 0.6) is 0 Å². The van der Waals surface area contributed by atoms with E-state index in [9.17, 15) is 17.6 Å². The number of aryl methyl sites for hydroxylation is 1. The zero-order chi connectivity index (χ0) is 19.4. The van der Waals surface area contributed by atoms with E-state index in [0.29, 0.717) is 17.1 Å². The molecular formula is C18H16FN3O4S. The first-order valence-electron chi connectivity index (χ1n) is 8.00. The lowest BCUT2D eigenvalue weighted by Gasteiger charge is -2.06. The van der Waals surface area contributed by atoms with Crippen molar-refractivity contribution in [3.05, 3.63) is 60.2 Å². The molecule has 2 aromatic carbocycles. The highest BCUT2D eigenvalue weighted by molar-refractivity contribution is 7.90. The maximum absolute atomic E-state index is 12.9. The van der Waals surface area contributed by atoms with E-state index in [4.69, 9.17) is 4.52 Å². The molecule has 1 aromatic heterocycles. The lowest BCUT2D eigenvalue weighted by molar-refractivity contribution is -0.116. The van der Waals surface area contributed by atoms with E-state index >= 15 is 0 Å². The van der Waals surface area contributed by atoms with Gasteiger partial charge in [0.05, 0.1) is 4.90 Å². The van der Waals surface area contributed by atoms with E-state index in [2.05, 4.69) is 15.5 Å². The third-order valence-corrected chi connectivity index (χ3v) is 4.79. The van der Waals surface area contributed by atoms with Gasteiger partial charge < -0.3 is 9.84 Å². The maximum Gasteiger partial charge on any atom is 0.227 e. The number of carbonyl (C=O) groups excluding carboxylic acids is 1. The van der Waals surface area contributed by atoms with Crippen molar-refractivity contribution in [2.75, 3.05) is 11.6 Å². The first-order valence-corrected chi connectivity index (χ1v) is 9.89. The minimum Gasteiger partial charge on any atom is -0.339 e. The van der Waals surface area contributed by atoms with Crippen LogP contribution in [0.1, 0.15) is 12.3 Å². The average Bonchev–Trinajstić information content (AvgIpc) is 3.09. The van der Waals surface area contributed by atoms with Crippen LogP contribution in [0.25, 0.3) is 11.4 Å². The maximum atomic E-state index is 12.9. The monoisotopic (exact) mass is 389 g/mol. The highest BCUT2D eigenvalue weighted by Crippen LogP contribution is 2.18. The van der Waals surface area contributed by atoms with Gasteiger partial charge in [-0.15, -0.1) is 0 Å². The van der Waals surface area contributed by atoms with Gasteiger partial charge in [-0.05, 0) is 42.5 Å². The van der Waals surface area contributed by atoms with E-state index in [1.54, 1.807) is 12.1 Å². The summed E-state index contributed by atoms with van der Waals surface area (Å²) in [5.41, 5.74) is 0.994. The van der Waals surface area contributed by atoms with E-state index in [1.165, 1.54) is 36.4 Å². The number of rotatable bonds is 6. The summed E-state index contributed by atoms with van der Waals surface area (Å²) in [7, 11) is -3.35. The normalized spacial score (nSPS) is 11.3. The number of amides is 1. The SMILES string of the molecule is CS(=O)(=O)c1cccc(NC(=O)CCc2nc(-c3ccc(F)cc3)no2)c1. The predicted octanol–water partition coefficient (Wildman–Crippen LogP) is 2.85. The first-order chi connectivity index (χ1) is 12.8. The fourth-order valence-electron chi connectivity index (χ4n) is 2.32. The lowest BCUT2D eigenvalue weighted by Crippen LogP contribution is -2.12. The number of sulfone groups is 1. The van der Waals surface area contributed by atoms with Gasteiger partial charge in [-0.2, -0.15) is 4.98 Å². The molecule has 0 saturated heterocycles. The minimum absolute atomic E-state index is 0.0775. The van der Waals surface area contributed by atoms with Gasteiger partial charge >= 0.3 is 0 Å². The summed E-state index contributed by atoms with van der Waals surface area (Å²) in [6.45, 7) is 0. The highest BCUT2D eigenvalue weighted by Gasteiger charge is 2.12. The van der Waals surface area contributed by atoms with Gasteiger partial charge in [-0.1, -0.05) is 11.2 Å². The van der Waals surface area contributed by atoms with Gasteiger partial charge in [0.1, 0.15) is 5.82 Å². The van der Waals surface area contributed by atoms with Crippen molar-refractivity contribution in [3.8, 4) is 11.4 Å². The molecule has 0 bridgehead atoms. The van der Waals surface area contributed by atoms with Crippen molar-refractivity contribution in [3.63, 3.8) is 0 Å². The quantitative estimate of drug-likeness (QED) is 0.695. The Hall–Kier alpha value is -3.07. The van der Waals surface area contributed by atoms with Crippen molar-refractivity contribution in [1.29, 1.82) is 0 Å². The van der Waals surface area contributed by atoms with Crippen molar-refractivity contribution >= 4 is 21.4 Å². The van der Waals surface area contributed by atoms with Crippen LogP contribution in [0, 0.1) is 5.82 Å². The minimum atomic E-state index is -3.35. The number of nitrogens with one attached hydrogen (secondary N) is 1. The Kier molecular flexibility index (Phi) is 5.31. The molecule has 1 N–H and O–H groups in total. The standard InChI is InChI=1S/C18H16FN3O4S/c1-27(24,25)15-4-2-3-14(11-15)20-16(23)9-10-17-21-18(22-26-17)12-5-7-13(19)8-6-12/h2-8,11H,9-10H2,1H3,(H,20,23). The predicted molar refractivity (Wildman–Crippen MR) is 96.2 cm³/mol. The van der Waals surface area contributed by atoms with Gasteiger partial charge in [0.25, 0.3) is 0 Å². The number of halogens is 1. The van der Waals surface area contributed by atoms with Crippen LogP contribution in [0.3, 0.4) is 0 Å². The Morgan fingerprint density at radius 1 is 1.19 bits per heavy atom. The lowest BCUT2D eigenvalue weighted by atomic mass is 10.2. The fourth-order valence-corrected chi connectivity index (χ4v) is 2.99. The number of carbonyl (C=O) groups is 1. The number of hydrogen-bond acceptors (Lipinski definition) is 6. The molecule has 0 aliphatic rings. The zero-order valence-electron chi connectivity index (χ0n) is 14.3. The van der Waals surface area contributed by atoms with Gasteiger partial charge in [-0.3, -0.25) is 4.79 Å². The van der Waals surface area contributed by atoms with Gasteiger partial charge in [-0.25, -0.2) is 12.8 Å². The number of aromatic nitrogens is 2. The van der Waals surface area contributed by atoms with Crippen LogP contribution in [0.15, 0.2) is 57.9 Å². The second-order valence-electron chi connectivity index (χ2n) is 5.87. The Balaban J connectivity index is 1.59. The van der Waals surface area contributed by atoms with Crippen LogP contribution in [0.4, 0.5) is 10.1 Å². The van der Waals surface area contributed by atoms with Crippen molar-refractivity contribution in [2.24, 2.45) is 0 Å². The highest BCUT2D eigenvalue weighted by atomic mass is 32.2. The van der Waals surface area contributed by atoms with E-state index in [0.717, 1.165) is 6.26 Å². The van der Waals surface area contributed by atoms with Crippen molar-refractivity contribution < 1.29 is 22.1 Å². The molecule has 140 valence electrons. The molecular weight excluding hydrogens is 373 g/mol. The molecule has 0 saturated carbocycles.